The number of rotatable bonds is 8. The molecule has 28 heavy (non-hydrogen) atoms. The van der Waals surface area contributed by atoms with Crippen LogP contribution in [0.3, 0.4) is 0 Å². The van der Waals surface area contributed by atoms with E-state index >= 15 is 0 Å². The van der Waals surface area contributed by atoms with Crippen molar-refractivity contribution in [2.75, 3.05) is 12.3 Å². The molecule has 12 heteroatoms. The average Bonchev–Trinajstić information content (AvgIpc) is 3.20. The highest BCUT2D eigenvalue weighted by Crippen LogP contribution is 2.33. The normalized spacial score (nSPS) is 26.0. The van der Waals surface area contributed by atoms with Gasteiger partial charge < -0.3 is 30.9 Å². The largest absolute Gasteiger partial charge is 0.480 e. The van der Waals surface area contributed by atoms with Crippen LogP contribution < -0.4 is 5.73 Å². The van der Waals surface area contributed by atoms with Gasteiger partial charge in [0, 0.05) is 0 Å². The summed E-state index contributed by atoms with van der Waals surface area (Å²) >= 11 is 0.991. The summed E-state index contributed by atoms with van der Waals surface area (Å²) in [5.41, 5.74) is 6.46. The van der Waals surface area contributed by atoms with Gasteiger partial charge in [-0.1, -0.05) is 31.5 Å². The predicted molar refractivity (Wildman–Crippen MR) is 99.6 cm³/mol. The van der Waals surface area contributed by atoms with Crippen molar-refractivity contribution >= 4 is 34.7 Å². The first kappa shape index (κ1) is 20.7. The average molecular weight is 413 g/mol. The zero-order valence-electron chi connectivity index (χ0n) is 15.2. The number of nitrogens with two attached hydrogens (primary N) is 1. The van der Waals surface area contributed by atoms with Crippen LogP contribution in [0.5, 0.6) is 0 Å². The van der Waals surface area contributed by atoms with Crippen molar-refractivity contribution in [3.63, 3.8) is 0 Å². The van der Waals surface area contributed by atoms with E-state index in [1.54, 1.807) is 0 Å². The standard InChI is InChI=1S/C16H23N5O6S/c1-2-3-4-8(15(25)26)28-16-19-12(17)9-13(20-16)21(6-18-9)14-11(24)10(23)7(5-22)27-14/h6-8,10-11,14,22-24H,2-5H2,1H3,(H,25,26)(H2,17,19,20)/t7-,8?,10-,11-,14-/m1/s1. The molecule has 6 N–H and O–H groups in total. The number of anilines is 1. The first-order valence-corrected chi connectivity index (χ1v) is 9.77. The smallest absolute Gasteiger partial charge is 0.317 e. The zero-order chi connectivity index (χ0) is 20.4. The molecule has 2 aromatic heterocycles. The minimum atomic E-state index is -1.31. The summed E-state index contributed by atoms with van der Waals surface area (Å²) in [7, 11) is 0. The van der Waals surface area contributed by atoms with Gasteiger partial charge in [-0.3, -0.25) is 9.36 Å². The molecule has 1 aliphatic heterocycles. The highest BCUT2D eigenvalue weighted by molar-refractivity contribution is 8.00. The van der Waals surface area contributed by atoms with Crippen molar-refractivity contribution in [1.29, 1.82) is 0 Å². The molecule has 154 valence electrons. The number of aliphatic hydroxyl groups is 3. The van der Waals surface area contributed by atoms with Crippen LogP contribution in [0.25, 0.3) is 11.2 Å². The second kappa shape index (κ2) is 8.57. The van der Waals surface area contributed by atoms with Gasteiger partial charge in [-0.25, -0.2) is 15.0 Å². The van der Waals surface area contributed by atoms with Gasteiger partial charge in [0.1, 0.15) is 29.1 Å². The molecule has 0 aromatic carbocycles. The van der Waals surface area contributed by atoms with Crippen molar-refractivity contribution in [2.45, 2.75) is 61.1 Å². The zero-order valence-corrected chi connectivity index (χ0v) is 16.0. The van der Waals surface area contributed by atoms with Crippen LogP contribution in [0.15, 0.2) is 11.5 Å². The van der Waals surface area contributed by atoms with Crippen molar-refractivity contribution in [3.8, 4) is 0 Å². The summed E-state index contributed by atoms with van der Waals surface area (Å²) < 4.78 is 6.90. The first-order chi connectivity index (χ1) is 13.4. The summed E-state index contributed by atoms with van der Waals surface area (Å²) in [4.78, 5) is 24.1. The topological polar surface area (TPSA) is 177 Å². The van der Waals surface area contributed by atoms with Crippen molar-refractivity contribution in [3.05, 3.63) is 6.33 Å². The van der Waals surface area contributed by atoms with Gasteiger partial charge in [0.15, 0.2) is 22.8 Å². The van der Waals surface area contributed by atoms with Gasteiger partial charge in [0.25, 0.3) is 0 Å². The molecule has 0 aliphatic carbocycles. The Labute approximate surface area is 164 Å². The van der Waals surface area contributed by atoms with Gasteiger partial charge in [-0.2, -0.15) is 0 Å². The monoisotopic (exact) mass is 413 g/mol. The van der Waals surface area contributed by atoms with Crippen LogP contribution in [0.4, 0.5) is 5.82 Å². The van der Waals surface area contributed by atoms with Gasteiger partial charge in [0.2, 0.25) is 0 Å². The number of aliphatic carboxylic acids is 1. The molecule has 1 aliphatic rings. The van der Waals surface area contributed by atoms with Gasteiger partial charge in [-0.15, -0.1) is 0 Å². The molecule has 0 amide bonds. The highest BCUT2D eigenvalue weighted by Gasteiger charge is 2.44. The molecule has 1 saturated heterocycles. The summed E-state index contributed by atoms with van der Waals surface area (Å²) in [6.07, 6.45) is -1.13. The summed E-state index contributed by atoms with van der Waals surface area (Å²) in [6, 6.07) is 0. The number of aromatic nitrogens is 4. The van der Waals surface area contributed by atoms with E-state index in [4.69, 9.17) is 10.5 Å². The molecule has 2 aromatic rings. The Balaban J connectivity index is 1.94. The van der Waals surface area contributed by atoms with Crippen LogP contribution in [0.1, 0.15) is 32.4 Å². The third-order valence-corrected chi connectivity index (χ3v) is 5.68. The number of hydrogen-bond donors (Lipinski definition) is 5. The number of nitrogen functional groups attached to an aromatic ring is 1. The number of hydrogen-bond acceptors (Lipinski definition) is 10. The summed E-state index contributed by atoms with van der Waals surface area (Å²) in [6.45, 7) is 1.51. The third kappa shape index (κ3) is 3.91. The lowest BCUT2D eigenvalue weighted by molar-refractivity contribution is -0.136. The van der Waals surface area contributed by atoms with Gasteiger partial charge in [-0.05, 0) is 6.42 Å². The number of carbonyl (C=O) groups is 1. The Kier molecular flexibility index (Phi) is 6.35. The number of imidazole rings is 1. The fourth-order valence-corrected chi connectivity index (χ4v) is 3.95. The quantitative estimate of drug-likeness (QED) is 0.285. The lowest BCUT2D eigenvalue weighted by Crippen LogP contribution is -2.33. The lowest BCUT2D eigenvalue weighted by atomic mass is 10.1. The molecular weight excluding hydrogens is 390 g/mol. The fourth-order valence-electron chi connectivity index (χ4n) is 3.02. The Morgan fingerprint density at radius 1 is 1.39 bits per heavy atom. The van der Waals surface area contributed by atoms with Crippen LogP contribution >= 0.6 is 11.8 Å². The number of aliphatic hydroxyl groups excluding tert-OH is 3. The Hall–Kier alpha value is -1.99. The van der Waals surface area contributed by atoms with Crippen molar-refractivity contribution in [2.24, 2.45) is 0 Å². The molecule has 0 saturated carbocycles. The molecule has 3 rings (SSSR count). The molecule has 1 fully saturated rings. The number of thioether (sulfide) groups is 1. The van der Waals surface area contributed by atoms with Gasteiger partial charge >= 0.3 is 5.97 Å². The van der Waals surface area contributed by atoms with E-state index in [9.17, 15) is 25.2 Å². The van der Waals surface area contributed by atoms with E-state index in [-0.39, 0.29) is 22.1 Å². The van der Waals surface area contributed by atoms with Crippen LogP contribution in [-0.2, 0) is 9.53 Å². The van der Waals surface area contributed by atoms with E-state index < -0.39 is 42.4 Å². The van der Waals surface area contributed by atoms with Gasteiger partial charge in [0.05, 0.1) is 12.9 Å². The van der Waals surface area contributed by atoms with Crippen LogP contribution in [0.2, 0.25) is 0 Å². The van der Waals surface area contributed by atoms with Crippen molar-refractivity contribution in [1.82, 2.24) is 19.5 Å². The maximum atomic E-state index is 11.5. The van der Waals surface area contributed by atoms with Crippen LogP contribution in [0, 0.1) is 0 Å². The minimum absolute atomic E-state index is 0.0672. The van der Waals surface area contributed by atoms with E-state index in [0.717, 1.165) is 24.6 Å². The van der Waals surface area contributed by atoms with Crippen LogP contribution in [-0.4, -0.2) is 76.1 Å². The summed E-state index contributed by atoms with van der Waals surface area (Å²) in [5, 5.41) is 38.4. The molecule has 3 heterocycles. The third-order valence-electron chi connectivity index (χ3n) is 4.56. The Morgan fingerprint density at radius 3 is 2.75 bits per heavy atom. The second-order valence-electron chi connectivity index (χ2n) is 6.53. The molecule has 1 unspecified atom stereocenters. The number of carboxylic acids is 1. The highest BCUT2D eigenvalue weighted by atomic mass is 32.2. The predicted octanol–water partition coefficient (Wildman–Crippen LogP) is -0.245. The molecule has 0 bridgehead atoms. The van der Waals surface area contributed by atoms with E-state index in [0.29, 0.717) is 6.42 Å². The van der Waals surface area contributed by atoms with E-state index in [1.807, 2.05) is 6.92 Å². The SMILES string of the molecule is CCCCC(Sc1nc(N)c2ncn([C@@H]3O[C@H](CO)[C@@H](O)[C@H]3O)c2n1)C(=O)O. The van der Waals surface area contributed by atoms with E-state index in [2.05, 4.69) is 15.0 Å². The number of nitrogens with zero attached hydrogens (tertiary/aromatic N) is 4. The number of ether oxygens (including phenoxy) is 1. The molecule has 0 spiro atoms. The minimum Gasteiger partial charge on any atom is -0.480 e. The summed E-state index contributed by atoms with van der Waals surface area (Å²) in [5.74, 6) is -0.893. The van der Waals surface area contributed by atoms with E-state index in [1.165, 1.54) is 10.9 Å². The lowest BCUT2D eigenvalue weighted by Gasteiger charge is -2.17. The second-order valence-corrected chi connectivity index (χ2v) is 7.70. The Morgan fingerprint density at radius 2 is 2.14 bits per heavy atom. The number of unbranched alkanes of at least 4 members (excludes halogenated alkanes) is 1. The Bertz CT molecular complexity index is 848. The first-order valence-electron chi connectivity index (χ1n) is 8.89. The maximum Gasteiger partial charge on any atom is 0.317 e. The number of fused-ring (bicyclic) bond motifs is 1. The molecule has 0 radical (unpaired) electrons. The molecule has 5 atom stereocenters. The maximum absolute atomic E-state index is 11.5. The fraction of sp³-hybridized carbons (Fsp3) is 0.625. The van der Waals surface area contributed by atoms with Crippen molar-refractivity contribution < 1.29 is 30.0 Å². The molecular formula is C16H23N5O6S. The number of carboxylic acid groups (broad SMARTS) is 1. The molecule has 11 nitrogen and oxygen atoms in total.